The van der Waals surface area contributed by atoms with Crippen LogP contribution >= 0.6 is 27.5 Å². The maximum atomic E-state index is 6.18. The molecule has 0 amide bonds. The van der Waals surface area contributed by atoms with Crippen molar-refractivity contribution in [2.24, 2.45) is 0 Å². The lowest BCUT2D eigenvalue weighted by Gasteiger charge is -2.11. The third kappa shape index (κ3) is 2.98. The molecular weight excluding hydrogens is 328 g/mol. The first-order valence-electron chi connectivity index (χ1n) is 6.28. The van der Waals surface area contributed by atoms with Crippen LogP contribution in [-0.4, -0.2) is 19.5 Å². The van der Waals surface area contributed by atoms with E-state index in [0.717, 1.165) is 28.8 Å². The average molecular weight is 344 g/mol. The van der Waals surface area contributed by atoms with Gasteiger partial charge in [-0.1, -0.05) is 32.4 Å². The lowest BCUT2D eigenvalue weighted by Crippen LogP contribution is -2.04. The SMILES string of the molecule is CCCn1cncc1-c1nc(Cl)c(Br)c(C(C)C)n1. The molecule has 2 aromatic heterocycles. The Morgan fingerprint density at radius 3 is 2.74 bits per heavy atom. The molecule has 0 saturated carbocycles. The average Bonchev–Trinajstić information content (AvgIpc) is 2.81. The van der Waals surface area contributed by atoms with Crippen LogP contribution in [0, 0.1) is 0 Å². The minimum Gasteiger partial charge on any atom is -0.328 e. The van der Waals surface area contributed by atoms with Gasteiger partial charge in [-0.2, -0.15) is 0 Å². The minimum absolute atomic E-state index is 0.274. The molecule has 0 aliphatic carbocycles. The van der Waals surface area contributed by atoms with Crippen molar-refractivity contribution in [3.8, 4) is 11.5 Å². The molecule has 0 aromatic carbocycles. The molecule has 0 aliphatic rings. The maximum absolute atomic E-state index is 6.18. The van der Waals surface area contributed by atoms with Crippen molar-refractivity contribution in [1.82, 2.24) is 19.5 Å². The van der Waals surface area contributed by atoms with Crippen LogP contribution in [0.3, 0.4) is 0 Å². The van der Waals surface area contributed by atoms with Gasteiger partial charge in [-0.25, -0.2) is 15.0 Å². The van der Waals surface area contributed by atoms with Crippen molar-refractivity contribution in [3.63, 3.8) is 0 Å². The topological polar surface area (TPSA) is 43.6 Å². The highest BCUT2D eigenvalue weighted by atomic mass is 79.9. The van der Waals surface area contributed by atoms with E-state index >= 15 is 0 Å². The predicted octanol–water partition coefficient (Wildman–Crippen LogP) is 4.29. The third-order valence-corrected chi connectivity index (χ3v) is 4.07. The van der Waals surface area contributed by atoms with Gasteiger partial charge >= 0.3 is 0 Å². The molecule has 2 heterocycles. The Kier molecular flexibility index (Phi) is 4.58. The van der Waals surface area contributed by atoms with Crippen molar-refractivity contribution >= 4 is 27.5 Å². The molecule has 0 radical (unpaired) electrons. The van der Waals surface area contributed by atoms with Crippen molar-refractivity contribution in [2.45, 2.75) is 39.7 Å². The fourth-order valence-corrected chi connectivity index (χ4v) is 2.67. The van der Waals surface area contributed by atoms with E-state index in [0.29, 0.717) is 11.0 Å². The molecular formula is C13H16BrClN4. The number of hydrogen-bond donors (Lipinski definition) is 0. The molecule has 0 spiro atoms. The number of aromatic nitrogens is 4. The van der Waals surface area contributed by atoms with Crippen LogP contribution in [0.15, 0.2) is 17.0 Å². The summed E-state index contributed by atoms with van der Waals surface area (Å²) in [5, 5.41) is 0.443. The molecule has 0 bridgehead atoms. The van der Waals surface area contributed by atoms with Gasteiger partial charge in [0.05, 0.1) is 22.7 Å². The van der Waals surface area contributed by atoms with Gasteiger partial charge in [0.15, 0.2) is 5.82 Å². The van der Waals surface area contributed by atoms with E-state index in [4.69, 9.17) is 11.6 Å². The molecule has 4 nitrogen and oxygen atoms in total. The molecule has 2 rings (SSSR count). The van der Waals surface area contributed by atoms with E-state index in [-0.39, 0.29) is 5.92 Å². The Balaban J connectivity index is 2.53. The zero-order valence-electron chi connectivity index (χ0n) is 11.2. The van der Waals surface area contributed by atoms with Crippen molar-refractivity contribution in [3.05, 3.63) is 27.8 Å². The lowest BCUT2D eigenvalue weighted by molar-refractivity contribution is 0.680. The molecule has 0 N–H and O–H groups in total. The Bertz CT molecular complexity index is 580. The Morgan fingerprint density at radius 2 is 2.11 bits per heavy atom. The maximum Gasteiger partial charge on any atom is 0.179 e. The first-order chi connectivity index (χ1) is 9.04. The molecule has 0 saturated heterocycles. The second-order valence-corrected chi connectivity index (χ2v) is 5.82. The minimum atomic E-state index is 0.274. The quantitative estimate of drug-likeness (QED) is 0.778. The first kappa shape index (κ1) is 14.5. The fourth-order valence-electron chi connectivity index (χ4n) is 1.86. The molecule has 102 valence electrons. The Labute approximate surface area is 126 Å². The standard InChI is InChI=1S/C13H16BrClN4/c1-4-5-19-7-16-6-9(19)13-17-11(8(2)3)10(14)12(15)18-13/h6-8H,4-5H2,1-3H3. The number of rotatable bonds is 4. The van der Waals surface area contributed by atoms with Gasteiger partial charge in [0.25, 0.3) is 0 Å². The van der Waals surface area contributed by atoms with Gasteiger partial charge in [0.1, 0.15) is 10.8 Å². The molecule has 0 unspecified atom stereocenters. The van der Waals surface area contributed by atoms with E-state index < -0.39 is 0 Å². The highest BCUT2D eigenvalue weighted by molar-refractivity contribution is 9.10. The molecule has 6 heteroatoms. The van der Waals surface area contributed by atoms with Gasteiger partial charge in [-0.05, 0) is 28.3 Å². The van der Waals surface area contributed by atoms with Gasteiger partial charge in [0, 0.05) is 6.54 Å². The fraction of sp³-hybridized carbons (Fsp3) is 0.462. The second kappa shape index (κ2) is 6.01. The lowest BCUT2D eigenvalue weighted by atomic mass is 10.1. The molecule has 2 aromatic rings. The Hall–Kier alpha value is -0.940. The summed E-state index contributed by atoms with van der Waals surface area (Å²) in [6.07, 6.45) is 4.61. The van der Waals surface area contributed by atoms with Gasteiger partial charge in [-0.3, -0.25) is 0 Å². The van der Waals surface area contributed by atoms with Crippen LogP contribution < -0.4 is 0 Å². The van der Waals surface area contributed by atoms with Gasteiger partial charge in [0.2, 0.25) is 0 Å². The molecule has 0 aliphatic heterocycles. The monoisotopic (exact) mass is 342 g/mol. The van der Waals surface area contributed by atoms with E-state index in [1.807, 2.05) is 4.57 Å². The van der Waals surface area contributed by atoms with Crippen LogP contribution in [0.25, 0.3) is 11.5 Å². The number of halogens is 2. The van der Waals surface area contributed by atoms with Crippen molar-refractivity contribution in [2.75, 3.05) is 0 Å². The number of nitrogens with zero attached hydrogens (tertiary/aromatic N) is 4. The summed E-state index contributed by atoms with van der Waals surface area (Å²) in [4.78, 5) is 13.1. The van der Waals surface area contributed by atoms with E-state index in [2.05, 4.69) is 51.7 Å². The summed E-state index contributed by atoms with van der Waals surface area (Å²) in [6.45, 7) is 7.18. The molecule has 0 atom stereocenters. The smallest absolute Gasteiger partial charge is 0.179 e. The number of imidazole rings is 1. The third-order valence-electron chi connectivity index (χ3n) is 2.79. The van der Waals surface area contributed by atoms with Crippen molar-refractivity contribution in [1.29, 1.82) is 0 Å². The van der Waals surface area contributed by atoms with Crippen LogP contribution in [0.5, 0.6) is 0 Å². The van der Waals surface area contributed by atoms with Crippen LogP contribution in [0.1, 0.15) is 38.8 Å². The summed E-state index contributed by atoms with van der Waals surface area (Å²) < 4.78 is 2.82. The largest absolute Gasteiger partial charge is 0.328 e. The summed E-state index contributed by atoms with van der Waals surface area (Å²) in [7, 11) is 0. The molecule has 19 heavy (non-hydrogen) atoms. The summed E-state index contributed by atoms with van der Waals surface area (Å²) in [5.74, 6) is 0.902. The summed E-state index contributed by atoms with van der Waals surface area (Å²) in [5.41, 5.74) is 1.82. The predicted molar refractivity (Wildman–Crippen MR) is 80.3 cm³/mol. The Morgan fingerprint density at radius 1 is 1.37 bits per heavy atom. The van der Waals surface area contributed by atoms with Gasteiger partial charge < -0.3 is 4.57 Å². The van der Waals surface area contributed by atoms with E-state index in [1.165, 1.54) is 0 Å². The summed E-state index contributed by atoms with van der Waals surface area (Å²) >= 11 is 9.63. The van der Waals surface area contributed by atoms with E-state index in [1.54, 1.807) is 12.5 Å². The normalized spacial score (nSPS) is 11.3. The van der Waals surface area contributed by atoms with Crippen LogP contribution in [0.2, 0.25) is 5.15 Å². The molecule has 0 fully saturated rings. The summed E-state index contributed by atoms with van der Waals surface area (Å²) in [6, 6.07) is 0. The highest BCUT2D eigenvalue weighted by Crippen LogP contribution is 2.30. The number of aryl methyl sites for hydroxylation is 1. The first-order valence-corrected chi connectivity index (χ1v) is 7.45. The number of hydrogen-bond acceptors (Lipinski definition) is 3. The van der Waals surface area contributed by atoms with E-state index in [9.17, 15) is 0 Å². The zero-order chi connectivity index (χ0) is 14.0. The second-order valence-electron chi connectivity index (χ2n) is 4.66. The van der Waals surface area contributed by atoms with Crippen LogP contribution in [0.4, 0.5) is 0 Å². The van der Waals surface area contributed by atoms with Gasteiger partial charge in [-0.15, -0.1) is 0 Å². The highest BCUT2D eigenvalue weighted by Gasteiger charge is 2.16. The zero-order valence-corrected chi connectivity index (χ0v) is 13.5. The van der Waals surface area contributed by atoms with Crippen molar-refractivity contribution < 1.29 is 0 Å². The van der Waals surface area contributed by atoms with Crippen LogP contribution in [-0.2, 0) is 6.54 Å².